The third-order valence-corrected chi connectivity index (χ3v) is 5.81. The van der Waals surface area contributed by atoms with Gasteiger partial charge >= 0.3 is 0 Å². The van der Waals surface area contributed by atoms with E-state index in [4.69, 9.17) is 4.74 Å². The molecule has 7 heteroatoms. The number of nitrogens with one attached hydrogen (secondary N) is 1. The quantitative estimate of drug-likeness (QED) is 0.414. The summed E-state index contributed by atoms with van der Waals surface area (Å²) in [5.74, 6) is 0.322. The zero-order valence-corrected chi connectivity index (χ0v) is 20.0. The first-order valence-electron chi connectivity index (χ1n) is 10.9. The predicted molar refractivity (Wildman–Crippen MR) is 133 cm³/mol. The predicted octanol–water partition coefficient (Wildman–Crippen LogP) is 5.31. The second-order valence-corrected chi connectivity index (χ2v) is 8.67. The molecule has 1 heterocycles. The van der Waals surface area contributed by atoms with Crippen LogP contribution in [0.15, 0.2) is 66.1 Å². The molecule has 0 aliphatic carbocycles. The van der Waals surface area contributed by atoms with E-state index in [0.29, 0.717) is 18.8 Å². The van der Waals surface area contributed by atoms with Crippen molar-refractivity contribution in [1.29, 1.82) is 0 Å². The van der Waals surface area contributed by atoms with Gasteiger partial charge in [0.05, 0.1) is 10.7 Å². The molecule has 172 valence electrons. The van der Waals surface area contributed by atoms with E-state index in [2.05, 4.69) is 10.3 Å². The maximum Gasteiger partial charge on any atom is 0.247 e. The smallest absolute Gasteiger partial charge is 0.247 e. The van der Waals surface area contributed by atoms with E-state index in [1.165, 1.54) is 6.08 Å². The molecule has 0 aliphatic heterocycles. The monoisotopic (exact) mass is 463 g/mol. The van der Waals surface area contributed by atoms with Gasteiger partial charge in [-0.25, -0.2) is 4.98 Å². The number of hydrogen-bond donors (Lipinski definition) is 1. The van der Waals surface area contributed by atoms with Crippen molar-refractivity contribution in [1.82, 2.24) is 9.88 Å². The number of amides is 2. The van der Waals surface area contributed by atoms with E-state index >= 15 is 0 Å². The van der Waals surface area contributed by atoms with Crippen LogP contribution in [0, 0.1) is 6.92 Å². The largest absolute Gasteiger partial charge is 0.487 e. The van der Waals surface area contributed by atoms with Gasteiger partial charge in [-0.15, -0.1) is 11.3 Å². The van der Waals surface area contributed by atoms with Crippen LogP contribution in [-0.4, -0.2) is 34.3 Å². The van der Waals surface area contributed by atoms with E-state index in [0.717, 1.165) is 28.4 Å². The Morgan fingerprint density at radius 1 is 1.15 bits per heavy atom. The summed E-state index contributed by atoms with van der Waals surface area (Å²) in [4.78, 5) is 31.5. The molecule has 0 aliphatic rings. The molecule has 0 saturated heterocycles. The number of rotatable bonds is 10. The molecule has 2 aromatic carbocycles. The fraction of sp³-hybridized carbons (Fsp3) is 0.269. The minimum Gasteiger partial charge on any atom is -0.487 e. The molecule has 6 nitrogen and oxygen atoms in total. The van der Waals surface area contributed by atoms with Gasteiger partial charge in [-0.3, -0.25) is 9.59 Å². The molecular weight excluding hydrogens is 434 g/mol. The number of benzene rings is 2. The first-order chi connectivity index (χ1) is 16.0. The molecule has 33 heavy (non-hydrogen) atoms. The third kappa shape index (κ3) is 7.29. The maximum atomic E-state index is 12.9. The number of hydrogen-bond acceptors (Lipinski definition) is 5. The van der Waals surface area contributed by atoms with Crippen molar-refractivity contribution < 1.29 is 14.3 Å². The van der Waals surface area contributed by atoms with E-state index in [1.54, 1.807) is 29.2 Å². The van der Waals surface area contributed by atoms with Crippen LogP contribution in [0.3, 0.4) is 0 Å². The van der Waals surface area contributed by atoms with E-state index in [1.807, 2.05) is 73.8 Å². The fourth-order valence-electron chi connectivity index (χ4n) is 3.22. The minimum absolute atomic E-state index is 0.202. The highest BCUT2D eigenvalue weighted by Gasteiger charge is 2.23. The molecule has 1 unspecified atom stereocenters. The molecule has 1 aromatic heterocycles. The van der Waals surface area contributed by atoms with Gasteiger partial charge in [-0.05, 0) is 56.2 Å². The normalized spacial score (nSPS) is 11.8. The van der Waals surface area contributed by atoms with E-state index in [-0.39, 0.29) is 11.8 Å². The Kier molecular flexibility index (Phi) is 8.78. The number of thiazole rings is 1. The molecule has 2 amide bonds. The van der Waals surface area contributed by atoms with Crippen molar-refractivity contribution in [3.63, 3.8) is 0 Å². The number of carbonyl (C=O) groups excluding carboxylic acids is 2. The Balaban J connectivity index is 1.58. The summed E-state index contributed by atoms with van der Waals surface area (Å²) in [6, 6.07) is 16.2. The van der Waals surface area contributed by atoms with Crippen LogP contribution in [0.25, 0.3) is 6.08 Å². The SMILES string of the molecule is CCCN(C(=O)/C=C/c1ccc(OCc2csc(C)n2)cc1)C(C)C(=O)Nc1ccccc1. The van der Waals surface area contributed by atoms with Gasteiger partial charge in [0, 0.05) is 23.7 Å². The standard InChI is InChI=1S/C26H29N3O3S/c1-4-16-29(19(2)26(31)28-22-8-6-5-7-9-22)25(30)15-12-21-10-13-24(14-11-21)32-17-23-18-33-20(3)27-23/h5-15,18-19H,4,16-17H2,1-3H3,(H,28,31)/b15-12+. The Bertz CT molecular complexity index is 1080. The van der Waals surface area contributed by atoms with Gasteiger partial charge in [-0.2, -0.15) is 0 Å². The number of aryl methyl sites for hydroxylation is 1. The lowest BCUT2D eigenvalue weighted by Crippen LogP contribution is -2.45. The molecule has 0 saturated carbocycles. The second kappa shape index (κ2) is 12.0. The van der Waals surface area contributed by atoms with Crippen molar-refractivity contribution in [3.05, 3.63) is 82.3 Å². The van der Waals surface area contributed by atoms with Gasteiger partial charge in [0.15, 0.2) is 0 Å². The Labute approximate surface area is 198 Å². The Morgan fingerprint density at radius 3 is 2.52 bits per heavy atom. The van der Waals surface area contributed by atoms with E-state index in [9.17, 15) is 9.59 Å². The van der Waals surface area contributed by atoms with Gasteiger partial charge in [0.25, 0.3) is 0 Å². The zero-order valence-electron chi connectivity index (χ0n) is 19.2. The average molecular weight is 464 g/mol. The van der Waals surface area contributed by atoms with Gasteiger partial charge in [-0.1, -0.05) is 37.3 Å². The molecule has 1 N–H and O–H groups in total. The summed E-state index contributed by atoms with van der Waals surface area (Å²) in [5.41, 5.74) is 2.49. The topological polar surface area (TPSA) is 71.5 Å². The molecule has 0 bridgehead atoms. The number of nitrogens with zero attached hydrogens (tertiary/aromatic N) is 2. The van der Waals surface area contributed by atoms with Crippen LogP contribution in [0.4, 0.5) is 5.69 Å². The van der Waals surface area contributed by atoms with Crippen molar-refractivity contribution in [2.45, 2.75) is 39.8 Å². The van der Waals surface area contributed by atoms with Crippen molar-refractivity contribution in [2.24, 2.45) is 0 Å². The fourth-order valence-corrected chi connectivity index (χ4v) is 3.81. The molecule has 1 atom stereocenters. The van der Waals surface area contributed by atoms with Crippen molar-refractivity contribution >= 4 is 34.9 Å². The molecule has 3 rings (SSSR count). The van der Waals surface area contributed by atoms with Crippen LogP contribution in [0.2, 0.25) is 0 Å². The number of para-hydroxylation sites is 1. The van der Waals surface area contributed by atoms with Gasteiger partial charge < -0.3 is 15.0 Å². The lowest BCUT2D eigenvalue weighted by molar-refractivity contribution is -0.134. The number of aromatic nitrogens is 1. The first-order valence-corrected chi connectivity index (χ1v) is 11.8. The van der Waals surface area contributed by atoms with Crippen LogP contribution in [0.1, 0.15) is 36.5 Å². The summed E-state index contributed by atoms with van der Waals surface area (Å²) in [6.45, 7) is 6.62. The Morgan fingerprint density at radius 2 is 1.88 bits per heavy atom. The highest BCUT2D eigenvalue weighted by molar-refractivity contribution is 7.09. The Hall–Kier alpha value is -3.45. The molecule has 3 aromatic rings. The van der Waals surface area contributed by atoms with Crippen LogP contribution >= 0.6 is 11.3 Å². The van der Waals surface area contributed by atoms with Crippen LogP contribution in [-0.2, 0) is 16.2 Å². The van der Waals surface area contributed by atoms with E-state index < -0.39 is 6.04 Å². The van der Waals surface area contributed by atoms with Gasteiger partial charge in [0.2, 0.25) is 11.8 Å². The zero-order chi connectivity index (χ0) is 23.6. The minimum atomic E-state index is -0.590. The lowest BCUT2D eigenvalue weighted by atomic mass is 10.2. The summed E-state index contributed by atoms with van der Waals surface area (Å²) >= 11 is 1.60. The highest BCUT2D eigenvalue weighted by Crippen LogP contribution is 2.17. The number of anilines is 1. The molecular formula is C26H29N3O3S. The molecule has 0 fully saturated rings. The van der Waals surface area contributed by atoms with Gasteiger partial charge in [0.1, 0.15) is 18.4 Å². The van der Waals surface area contributed by atoms with Crippen LogP contribution < -0.4 is 10.1 Å². The average Bonchev–Trinajstić information content (AvgIpc) is 3.25. The summed E-state index contributed by atoms with van der Waals surface area (Å²) in [5, 5.41) is 5.87. The summed E-state index contributed by atoms with van der Waals surface area (Å²) < 4.78 is 5.76. The van der Waals surface area contributed by atoms with Crippen molar-refractivity contribution in [2.75, 3.05) is 11.9 Å². The highest BCUT2D eigenvalue weighted by atomic mass is 32.1. The summed E-state index contributed by atoms with van der Waals surface area (Å²) in [6.07, 6.45) is 4.02. The first kappa shape index (κ1) is 24.2. The van der Waals surface area contributed by atoms with Crippen LogP contribution in [0.5, 0.6) is 5.75 Å². The number of ether oxygens (including phenoxy) is 1. The maximum absolute atomic E-state index is 12.9. The third-order valence-electron chi connectivity index (χ3n) is 4.99. The number of carbonyl (C=O) groups is 2. The molecule has 0 spiro atoms. The lowest BCUT2D eigenvalue weighted by Gasteiger charge is -2.27. The molecule has 0 radical (unpaired) electrons. The van der Waals surface area contributed by atoms with Crippen molar-refractivity contribution in [3.8, 4) is 5.75 Å². The summed E-state index contributed by atoms with van der Waals surface area (Å²) in [7, 11) is 0. The second-order valence-electron chi connectivity index (χ2n) is 7.61.